The fourth-order valence-electron chi connectivity index (χ4n) is 3.03. The van der Waals surface area contributed by atoms with E-state index in [0.29, 0.717) is 22.7 Å². The van der Waals surface area contributed by atoms with Crippen LogP contribution in [0, 0.1) is 5.92 Å². The minimum absolute atomic E-state index is 0.0699. The molecule has 1 heterocycles. The summed E-state index contributed by atoms with van der Waals surface area (Å²) in [5.74, 6) is -0.299. The molecule has 2 aromatic carbocycles. The first-order valence-electron chi connectivity index (χ1n) is 8.35. The minimum Gasteiger partial charge on any atom is -0.495 e. The number of methoxy groups -OCH3 is 1. The van der Waals surface area contributed by atoms with E-state index in [4.69, 9.17) is 4.74 Å². The van der Waals surface area contributed by atoms with E-state index < -0.39 is 5.92 Å². The molecule has 0 radical (unpaired) electrons. The van der Waals surface area contributed by atoms with E-state index >= 15 is 0 Å². The lowest BCUT2D eigenvalue weighted by molar-refractivity contribution is -0.122. The van der Waals surface area contributed by atoms with E-state index in [1.807, 2.05) is 12.1 Å². The summed E-state index contributed by atoms with van der Waals surface area (Å²) in [4.78, 5) is 38.0. The van der Waals surface area contributed by atoms with Crippen molar-refractivity contribution in [2.24, 2.45) is 5.92 Å². The lowest BCUT2D eigenvalue weighted by Gasteiger charge is -2.19. The van der Waals surface area contributed by atoms with Crippen molar-refractivity contribution in [2.75, 3.05) is 23.9 Å². The number of carbonyl (C=O) groups is 3. The van der Waals surface area contributed by atoms with Gasteiger partial charge in [-0.2, -0.15) is 0 Å². The number of nitrogens with zero attached hydrogens (tertiary/aromatic N) is 1. The topological polar surface area (TPSA) is 75.7 Å². The van der Waals surface area contributed by atoms with Gasteiger partial charge in [0.1, 0.15) is 5.75 Å². The van der Waals surface area contributed by atoms with E-state index in [1.54, 1.807) is 48.4 Å². The van der Waals surface area contributed by atoms with Crippen LogP contribution in [-0.4, -0.2) is 31.3 Å². The number of hydrogen-bond donors (Lipinski definition) is 1. The zero-order valence-corrected chi connectivity index (χ0v) is 14.7. The van der Waals surface area contributed by atoms with Crippen molar-refractivity contribution in [1.82, 2.24) is 0 Å². The Balaban J connectivity index is 1.73. The predicted molar refractivity (Wildman–Crippen MR) is 98.5 cm³/mol. The first-order valence-corrected chi connectivity index (χ1v) is 8.35. The van der Waals surface area contributed by atoms with Crippen LogP contribution in [-0.2, 0) is 9.59 Å². The van der Waals surface area contributed by atoms with Crippen molar-refractivity contribution in [3.8, 4) is 5.75 Å². The van der Waals surface area contributed by atoms with Gasteiger partial charge >= 0.3 is 0 Å². The van der Waals surface area contributed by atoms with E-state index in [0.717, 1.165) is 0 Å². The summed E-state index contributed by atoms with van der Waals surface area (Å²) in [7, 11) is 1.55. The van der Waals surface area contributed by atoms with Crippen LogP contribution in [0.25, 0.3) is 0 Å². The van der Waals surface area contributed by atoms with Gasteiger partial charge in [0, 0.05) is 24.2 Å². The van der Waals surface area contributed by atoms with Crippen molar-refractivity contribution in [3.05, 3.63) is 54.1 Å². The summed E-state index contributed by atoms with van der Waals surface area (Å²) in [5, 5.41) is 2.80. The van der Waals surface area contributed by atoms with Gasteiger partial charge in [-0.3, -0.25) is 14.4 Å². The second kappa shape index (κ2) is 7.39. The van der Waals surface area contributed by atoms with Gasteiger partial charge < -0.3 is 15.0 Å². The number of hydrogen-bond acceptors (Lipinski definition) is 4. The number of ketones is 1. The Bertz CT molecular complexity index is 862. The molecule has 1 atom stereocenters. The zero-order chi connectivity index (χ0) is 18.7. The summed E-state index contributed by atoms with van der Waals surface area (Å²) in [5.41, 5.74) is 1.74. The Kier molecular flexibility index (Phi) is 5.02. The van der Waals surface area contributed by atoms with Gasteiger partial charge in [-0.1, -0.05) is 24.3 Å². The second-order valence-electron chi connectivity index (χ2n) is 6.20. The first-order chi connectivity index (χ1) is 12.5. The summed E-state index contributed by atoms with van der Waals surface area (Å²) in [6.45, 7) is 1.76. The Labute approximate surface area is 151 Å². The van der Waals surface area contributed by atoms with Crippen LogP contribution < -0.4 is 15.0 Å². The van der Waals surface area contributed by atoms with Crippen molar-refractivity contribution < 1.29 is 19.1 Å². The summed E-state index contributed by atoms with van der Waals surface area (Å²) < 4.78 is 5.31. The molecular weight excluding hydrogens is 332 g/mol. The maximum atomic E-state index is 12.6. The van der Waals surface area contributed by atoms with Gasteiger partial charge in [0.15, 0.2) is 5.78 Å². The fraction of sp³-hybridized carbons (Fsp3) is 0.250. The lowest BCUT2D eigenvalue weighted by Crippen LogP contribution is -2.28. The van der Waals surface area contributed by atoms with Gasteiger partial charge in [0.2, 0.25) is 11.8 Å². The molecule has 26 heavy (non-hydrogen) atoms. The Hall–Kier alpha value is -3.15. The third kappa shape index (κ3) is 3.59. The minimum atomic E-state index is -0.464. The number of Topliss-reactive ketones (excluding diaryl/α,β-unsaturated/α-hetero) is 1. The normalized spacial score (nSPS) is 16.5. The average Bonchev–Trinajstić information content (AvgIpc) is 3.03. The third-order valence-corrected chi connectivity index (χ3v) is 4.41. The number of para-hydroxylation sites is 2. The molecule has 0 aliphatic carbocycles. The summed E-state index contributed by atoms with van der Waals surface area (Å²) in [6.07, 6.45) is 0.135. The van der Waals surface area contributed by atoms with Crippen molar-refractivity contribution in [2.45, 2.75) is 13.3 Å². The van der Waals surface area contributed by atoms with Gasteiger partial charge in [-0.15, -0.1) is 0 Å². The second-order valence-corrected chi connectivity index (χ2v) is 6.20. The number of nitrogens with one attached hydrogen (secondary N) is 1. The van der Waals surface area contributed by atoms with Crippen molar-refractivity contribution >= 4 is 29.0 Å². The van der Waals surface area contributed by atoms with E-state index in [2.05, 4.69) is 5.32 Å². The molecule has 0 aromatic heterocycles. The molecule has 0 spiro atoms. The molecule has 6 nitrogen and oxygen atoms in total. The van der Waals surface area contributed by atoms with Gasteiger partial charge in [-0.05, 0) is 31.2 Å². The van der Waals surface area contributed by atoms with Gasteiger partial charge in [-0.25, -0.2) is 0 Å². The maximum Gasteiger partial charge on any atom is 0.229 e. The molecule has 1 saturated heterocycles. The molecule has 1 fully saturated rings. The highest BCUT2D eigenvalue weighted by Crippen LogP contribution is 2.33. The monoisotopic (exact) mass is 352 g/mol. The number of anilines is 2. The van der Waals surface area contributed by atoms with Crippen LogP contribution in [0.1, 0.15) is 23.7 Å². The van der Waals surface area contributed by atoms with E-state index in [1.165, 1.54) is 6.92 Å². The van der Waals surface area contributed by atoms with Crippen LogP contribution in [0.4, 0.5) is 11.4 Å². The van der Waals surface area contributed by atoms with E-state index in [-0.39, 0.29) is 30.6 Å². The molecule has 0 bridgehead atoms. The SMILES string of the molecule is COc1ccccc1N1CC(C(=O)Nc2cccc(C(C)=O)c2)CC1=O. The number of ether oxygens (including phenoxy) is 1. The van der Waals surface area contributed by atoms with Crippen LogP contribution in [0.2, 0.25) is 0 Å². The number of amides is 2. The lowest BCUT2D eigenvalue weighted by atomic mass is 10.1. The summed E-state index contributed by atoms with van der Waals surface area (Å²) in [6, 6.07) is 14.0. The highest BCUT2D eigenvalue weighted by atomic mass is 16.5. The quantitative estimate of drug-likeness (QED) is 0.840. The molecule has 134 valence electrons. The molecule has 0 saturated carbocycles. The number of carbonyl (C=O) groups excluding carboxylic acids is 3. The molecule has 3 rings (SSSR count). The molecule has 6 heteroatoms. The van der Waals surface area contributed by atoms with Gasteiger partial charge in [0.25, 0.3) is 0 Å². The van der Waals surface area contributed by atoms with Crippen LogP contribution in [0.3, 0.4) is 0 Å². The highest BCUT2D eigenvalue weighted by Gasteiger charge is 2.36. The van der Waals surface area contributed by atoms with Gasteiger partial charge in [0.05, 0.1) is 18.7 Å². The Morgan fingerprint density at radius 3 is 2.65 bits per heavy atom. The summed E-state index contributed by atoms with van der Waals surface area (Å²) >= 11 is 0. The van der Waals surface area contributed by atoms with Crippen LogP contribution in [0.15, 0.2) is 48.5 Å². The molecule has 1 aliphatic heterocycles. The largest absolute Gasteiger partial charge is 0.495 e. The average molecular weight is 352 g/mol. The zero-order valence-electron chi connectivity index (χ0n) is 14.7. The smallest absolute Gasteiger partial charge is 0.229 e. The molecule has 1 N–H and O–H groups in total. The van der Waals surface area contributed by atoms with Crippen LogP contribution >= 0.6 is 0 Å². The molecule has 1 unspecified atom stereocenters. The molecule has 2 amide bonds. The molecule has 2 aromatic rings. The maximum absolute atomic E-state index is 12.6. The molecule has 1 aliphatic rings. The highest BCUT2D eigenvalue weighted by molar-refractivity contribution is 6.04. The Morgan fingerprint density at radius 1 is 1.15 bits per heavy atom. The standard InChI is InChI=1S/C20H20N2O4/c1-13(23)14-6-5-7-16(10-14)21-20(25)15-11-19(24)22(12-15)17-8-3-4-9-18(17)26-2/h3-10,15H,11-12H2,1-2H3,(H,21,25). The van der Waals surface area contributed by atoms with Crippen molar-refractivity contribution in [1.29, 1.82) is 0 Å². The number of benzene rings is 2. The number of rotatable bonds is 5. The van der Waals surface area contributed by atoms with Crippen molar-refractivity contribution in [3.63, 3.8) is 0 Å². The van der Waals surface area contributed by atoms with Crippen LogP contribution in [0.5, 0.6) is 5.75 Å². The first kappa shape index (κ1) is 17.7. The fourth-order valence-corrected chi connectivity index (χ4v) is 3.03. The Morgan fingerprint density at radius 2 is 1.92 bits per heavy atom. The predicted octanol–water partition coefficient (Wildman–Crippen LogP) is 2.89. The third-order valence-electron chi connectivity index (χ3n) is 4.41. The van der Waals surface area contributed by atoms with E-state index in [9.17, 15) is 14.4 Å². The molecular formula is C20H20N2O4.